The molecule has 32 heavy (non-hydrogen) atoms. The molecule has 0 amide bonds. The summed E-state index contributed by atoms with van der Waals surface area (Å²) < 4.78 is 57.2. The summed E-state index contributed by atoms with van der Waals surface area (Å²) in [6.07, 6.45) is 3.10. The van der Waals surface area contributed by atoms with Crippen LogP contribution in [0, 0.1) is 11.2 Å². The second-order valence-corrected chi connectivity index (χ2v) is 8.24. The van der Waals surface area contributed by atoms with E-state index in [1.54, 1.807) is 20.8 Å². The van der Waals surface area contributed by atoms with Gasteiger partial charge < -0.3 is 9.84 Å². The van der Waals surface area contributed by atoms with Crippen LogP contribution >= 0.6 is 0 Å². The van der Waals surface area contributed by atoms with Crippen molar-refractivity contribution >= 4 is 17.8 Å². The lowest BCUT2D eigenvalue weighted by Gasteiger charge is -2.44. The summed E-state index contributed by atoms with van der Waals surface area (Å²) in [4.78, 5) is 23.6. The molecule has 1 N–H and O–H groups in total. The second-order valence-electron chi connectivity index (χ2n) is 8.24. The predicted octanol–water partition coefficient (Wildman–Crippen LogP) is 5.19. The van der Waals surface area contributed by atoms with E-state index in [2.05, 4.69) is 4.74 Å². The molecule has 1 aliphatic rings. The number of rotatable bonds is 5. The van der Waals surface area contributed by atoms with Crippen LogP contribution in [0.15, 0.2) is 59.7 Å². The summed E-state index contributed by atoms with van der Waals surface area (Å²) in [5.41, 5.74) is -3.30. The molecule has 0 saturated carbocycles. The monoisotopic (exact) mass is 452 g/mol. The van der Waals surface area contributed by atoms with Crippen molar-refractivity contribution in [2.45, 2.75) is 39.0 Å². The van der Waals surface area contributed by atoms with Crippen LogP contribution in [0.3, 0.4) is 0 Å². The van der Waals surface area contributed by atoms with E-state index in [-0.39, 0.29) is 23.3 Å². The quantitative estimate of drug-likeness (QED) is 0.289. The molecule has 4 nitrogen and oxygen atoms in total. The van der Waals surface area contributed by atoms with Gasteiger partial charge in [-0.05, 0) is 54.0 Å². The van der Waals surface area contributed by atoms with Crippen molar-refractivity contribution in [1.82, 2.24) is 0 Å². The molecular weight excluding hydrogens is 428 g/mol. The van der Waals surface area contributed by atoms with Gasteiger partial charge in [0.05, 0.1) is 12.7 Å². The van der Waals surface area contributed by atoms with Crippen molar-refractivity contribution in [3.05, 3.63) is 76.7 Å². The minimum atomic E-state index is -4.72. The first-order valence-corrected chi connectivity index (χ1v) is 9.67. The fourth-order valence-electron chi connectivity index (χ4n) is 3.40. The van der Waals surface area contributed by atoms with E-state index in [4.69, 9.17) is 0 Å². The molecule has 0 aromatic heterocycles. The highest BCUT2D eigenvalue weighted by Crippen LogP contribution is 2.45. The average Bonchev–Trinajstić information content (AvgIpc) is 2.66. The maximum atomic E-state index is 13.7. The Morgan fingerprint density at radius 2 is 1.84 bits per heavy atom. The zero-order valence-corrected chi connectivity index (χ0v) is 18.1. The standard InChI is InChI=1S/C24H24F4O4/c1-15(9-21(30)32-4)7-8-23(31)17(13-20(29)14-22(23,2)3)6-5-16-10-18(24(26,27)28)12-19(25)11-16/h5-13,31H,14H2,1-4H3/b6-5+,8-7+,15-9-/t23-/m1/s1. The topological polar surface area (TPSA) is 63.6 Å². The molecule has 0 spiro atoms. The Kier molecular flexibility index (Phi) is 7.29. The Morgan fingerprint density at radius 1 is 1.19 bits per heavy atom. The van der Waals surface area contributed by atoms with Crippen LogP contribution in [0.4, 0.5) is 17.6 Å². The van der Waals surface area contributed by atoms with Gasteiger partial charge in [0, 0.05) is 17.9 Å². The molecular formula is C24H24F4O4. The Labute approximate surface area is 183 Å². The predicted molar refractivity (Wildman–Crippen MR) is 112 cm³/mol. The van der Waals surface area contributed by atoms with Crippen molar-refractivity contribution < 1.29 is 37.0 Å². The highest BCUT2D eigenvalue weighted by atomic mass is 19.4. The minimum absolute atomic E-state index is 0.0170. The number of esters is 1. The van der Waals surface area contributed by atoms with Gasteiger partial charge in [-0.3, -0.25) is 4.79 Å². The molecule has 0 heterocycles. The molecule has 1 aromatic rings. The molecule has 1 aliphatic carbocycles. The van der Waals surface area contributed by atoms with E-state index in [1.807, 2.05) is 0 Å². The number of hydrogen-bond acceptors (Lipinski definition) is 4. The molecule has 0 fully saturated rings. The Bertz CT molecular complexity index is 1030. The van der Waals surface area contributed by atoms with Gasteiger partial charge in [-0.25, -0.2) is 9.18 Å². The molecule has 8 heteroatoms. The van der Waals surface area contributed by atoms with Crippen LogP contribution in [0.2, 0.25) is 0 Å². The van der Waals surface area contributed by atoms with Gasteiger partial charge in [0.25, 0.3) is 0 Å². The van der Waals surface area contributed by atoms with Gasteiger partial charge in [0.15, 0.2) is 5.78 Å². The third kappa shape index (κ3) is 5.82. The average molecular weight is 452 g/mol. The summed E-state index contributed by atoms with van der Waals surface area (Å²) in [6, 6.07) is 2.08. The first kappa shape index (κ1) is 25.3. The van der Waals surface area contributed by atoms with Crippen molar-refractivity contribution in [2.75, 3.05) is 7.11 Å². The number of carbonyl (C=O) groups is 2. The van der Waals surface area contributed by atoms with Crippen LogP contribution in [0.5, 0.6) is 0 Å². The Hall–Kier alpha value is -3.00. The zero-order chi connectivity index (χ0) is 24.3. The maximum absolute atomic E-state index is 13.7. The molecule has 1 aromatic carbocycles. The molecule has 172 valence electrons. The number of carbonyl (C=O) groups excluding carboxylic acids is 2. The van der Waals surface area contributed by atoms with Crippen LogP contribution < -0.4 is 0 Å². The van der Waals surface area contributed by atoms with Gasteiger partial charge in [-0.1, -0.05) is 32.1 Å². The third-order valence-corrected chi connectivity index (χ3v) is 5.24. The number of ketones is 1. The number of allylic oxidation sites excluding steroid dienone is 3. The highest BCUT2D eigenvalue weighted by Gasteiger charge is 2.47. The smallest absolute Gasteiger partial charge is 0.416 e. The molecule has 1 atom stereocenters. The molecule has 0 radical (unpaired) electrons. The summed E-state index contributed by atoms with van der Waals surface area (Å²) in [5.74, 6) is -1.92. The van der Waals surface area contributed by atoms with E-state index in [9.17, 15) is 32.3 Å². The zero-order valence-electron chi connectivity index (χ0n) is 18.1. The van der Waals surface area contributed by atoms with E-state index in [0.717, 1.165) is 12.1 Å². The first-order chi connectivity index (χ1) is 14.7. The summed E-state index contributed by atoms with van der Waals surface area (Å²) >= 11 is 0. The lowest BCUT2D eigenvalue weighted by atomic mass is 9.64. The van der Waals surface area contributed by atoms with Crippen LogP contribution in [0.1, 0.15) is 38.3 Å². The van der Waals surface area contributed by atoms with Gasteiger partial charge in [-0.15, -0.1) is 0 Å². The summed E-state index contributed by atoms with van der Waals surface area (Å²) in [6.45, 7) is 4.95. The lowest BCUT2D eigenvalue weighted by molar-refractivity contribution is -0.138. The number of methoxy groups -OCH3 is 1. The maximum Gasteiger partial charge on any atom is 0.416 e. The minimum Gasteiger partial charge on any atom is -0.466 e. The van der Waals surface area contributed by atoms with Crippen molar-refractivity contribution in [1.29, 1.82) is 0 Å². The van der Waals surface area contributed by atoms with Crippen molar-refractivity contribution in [2.24, 2.45) is 5.41 Å². The normalized spacial score (nSPS) is 21.8. The van der Waals surface area contributed by atoms with Gasteiger partial charge in [0.2, 0.25) is 0 Å². The summed E-state index contributed by atoms with van der Waals surface area (Å²) in [5, 5.41) is 11.5. The lowest BCUT2D eigenvalue weighted by Crippen LogP contribution is -2.48. The van der Waals surface area contributed by atoms with Gasteiger partial charge in [0.1, 0.15) is 11.4 Å². The molecule has 0 aliphatic heterocycles. The summed E-state index contributed by atoms with van der Waals surface area (Å²) in [7, 11) is 1.22. The first-order valence-electron chi connectivity index (χ1n) is 9.67. The van der Waals surface area contributed by atoms with Crippen molar-refractivity contribution in [3.8, 4) is 0 Å². The number of alkyl halides is 3. The second kappa shape index (κ2) is 9.24. The SMILES string of the molecule is COC(=O)/C=C(C)\C=C\[C@@]1(O)C(/C=C/c2cc(F)cc(C(F)(F)F)c2)=CC(=O)CC1(C)C. The third-order valence-electron chi connectivity index (χ3n) is 5.24. The van der Waals surface area contributed by atoms with E-state index >= 15 is 0 Å². The Morgan fingerprint density at radius 3 is 2.44 bits per heavy atom. The van der Waals surface area contributed by atoms with E-state index < -0.39 is 34.5 Å². The number of ether oxygens (including phenoxy) is 1. The number of aliphatic hydroxyl groups is 1. The molecule has 0 unspecified atom stereocenters. The van der Waals surface area contributed by atoms with Gasteiger partial charge >= 0.3 is 12.1 Å². The molecule has 0 saturated heterocycles. The van der Waals surface area contributed by atoms with Crippen LogP contribution in [-0.2, 0) is 20.5 Å². The largest absolute Gasteiger partial charge is 0.466 e. The number of halogens is 4. The highest BCUT2D eigenvalue weighted by molar-refractivity contribution is 5.94. The van der Waals surface area contributed by atoms with E-state index in [0.29, 0.717) is 11.6 Å². The molecule has 0 bridgehead atoms. The molecule has 2 rings (SSSR count). The van der Waals surface area contributed by atoms with Crippen LogP contribution in [-0.4, -0.2) is 29.6 Å². The Balaban J connectivity index is 2.50. The fourth-order valence-corrected chi connectivity index (χ4v) is 3.40. The fraction of sp³-hybridized carbons (Fsp3) is 0.333. The van der Waals surface area contributed by atoms with E-state index in [1.165, 1.54) is 43.6 Å². The van der Waals surface area contributed by atoms with Crippen LogP contribution in [0.25, 0.3) is 6.08 Å². The number of benzene rings is 1. The van der Waals surface area contributed by atoms with Crippen molar-refractivity contribution in [3.63, 3.8) is 0 Å². The number of hydrogen-bond donors (Lipinski definition) is 1. The van der Waals surface area contributed by atoms with Gasteiger partial charge in [-0.2, -0.15) is 13.2 Å².